The number of aromatic nitrogens is 4. The van der Waals surface area contributed by atoms with Crippen LogP contribution in [0.3, 0.4) is 0 Å². The van der Waals surface area contributed by atoms with Gasteiger partial charge < -0.3 is 4.98 Å². The summed E-state index contributed by atoms with van der Waals surface area (Å²) in [5, 5.41) is 2.20. The van der Waals surface area contributed by atoms with Crippen molar-refractivity contribution in [3.05, 3.63) is 78.4 Å². The van der Waals surface area contributed by atoms with Crippen molar-refractivity contribution in [1.82, 2.24) is 19.9 Å². The van der Waals surface area contributed by atoms with Gasteiger partial charge in [-0.15, -0.1) is 0 Å². The SMILES string of the molecule is C(=Cc1nc2c(ccc3ncccc32)[nH]1)c1ccc2ccccc2n1. The molecule has 0 amide bonds. The maximum atomic E-state index is 4.71. The van der Waals surface area contributed by atoms with Crippen LogP contribution in [0.1, 0.15) is 11.5 Å². The van der Waals surface area contributed by atoms with E-state index in [0.29, 0.717) is 0 Å². The third-order valence-corrected chi connectivity index (χ3v) is 4.28. The standard InChI is InChI=1S/C21H14N4/c1-2-6-17-14(4-1)7-8-15(23-17)9-12-20-24-19-11-10-18-16(21(19)25-20)5-3-13-22-18/h1-13H,(H,24,25). The summed E-state index contributed by atoms with van der Waals surface area (Å²) in [6.45, 7) is 0. The van der Waals surface area contributed by atoms with Gasteiger partial charge in [-0.05, 0) is 48.6 Å². The predicted molar refractivity (Wildman–Crippen MR) is 102 cm³/mol. The summed E-state index contributed by atoms with van der Waals surface area (Å²) in [6.07, 6.45) is 5.73. The molecule has 1 N–H and O–H groups in total. The van der Waals surface area contributed by atoms with Gasteiger partial charge in [-0.3, -0.25) is 4.98 Å². The first kappa shape index (κ1) is 13.9. The molecule has 2 aromatic carbocycles. The second-order valence-electron chi connectivity index (χ2n) is 5.92. The van der Waals surface area contributed by atoms with Crippen LogP contribution in [0.5, 0.6) is 0 Å². The van der Waals surface area contributed by atoms with Gasteiger partial charge in [0, 0.05) is 17.0 Å². The third kappa shape index (κ3) is 2.44. The Bertz CT molecular complexity index is 1250. The molecule has 0 aliphatic rings. The molecule has 0 unspecified atom stereocenters. The van der Waals surface area contributed by atoms with E-state index in [1.165, 1.54) is 0 Å². The van der Waals surface area contributed by atoms with Crippen molar-refractivity contribution < 1.29 is 0 Å². The minimum Gasteiger partial charge on any atom is -0.338 e. The van der Waals surface area contributed by atoms with Crippen LogP contribution in [0.25, 0.3) is 45.0 Å². The van der Waals surface area contributed by atoms with Gasteiger partial charge in [0.2, 0.25) is 0 Å². The highest BCUT2D eigenvalue weighted by molar-refractivity contribution is 6.02. The molecule has 4 heteroatoms. The highest BCUT2D eigenvalue weighted by Crippen LogP contribution is 2.22. The van der Waals surface area contributed by atoms with E-state index >= 15 is 0 Å². The summed E-state index contributed by atoms with van der Waals surface area (Å²) in [4.78, 5) is 17.1. The van der Waals surface area contributed by atoms with Gasteiger partial charge >= 0.3 is 0 Å². The van der Waals surface area contributed by atoms with Crippen LogP contribution in [0, 0.1) is 0 Å². The van der Waals surface area contributed by atoms with Crippen molar-refractivity contribution in [3.8, 4) is 0 Å². The van der Waals surface area contributed by atoms with E-state index in [-0.39, 0.29) is 0 Å². The number of imidazole rings is 1. The van der Waals surface area contributed by atoms with Crippen molar-refractivity contribution in [2.75, 3.05) is 0 Å². The van der Waals surface area contributed by atoms with Gasteiger partial charge in [0.1, 0.15) is 5.82 Å². The Morgan fingerprint density at radius 3 is 2.72 bits per heavy atom. The highest BCUT2D eigenvalue weighted by Gasteiger charge is 2.05. The van der Waals surface area contributed by atoms with Gasteiger partial charge in [-0.25, -0.2) is 9.97 Å². The number of pyridine rings is 2. The Balaban J connectivity index is 1.56. The fourth-order valence-corrected chi connectivity index (χ4v) is 3.06. The lowest BCUT2D eigenvalue weighted by atomic mass is 10.2. The maximum Gasteiger partial charge on any atom is 0.131 e. The number of rotatable bonds is 2. The molecular weight excluding hydrogens is 308 g/mol. The summed E-state index contributed by atoms with van der Waals surface area (Å²) >= 11 is 0. The van der Waals surface area contributed by atoms with Crippen molar-refractivity contribution in [2.45, 2.75) is 0 Å². The molecule has 118 valence electrons. The Labute approximate surface area is 143 Å². The summed E-state index contributed by atoms with van der Waals surface area (Å²) < 4.78 is 0. The number of fused-ring (bicyclic) bond motifs is 4. The van der Waals surface area contributed by atoms with Gasteiger partial charge in [0.25, 0.3) is 0 Å². The topological polar surface area (TPSA) is 54.5 Å². The maximum absolute atomic E-state index is 4.71. The van der Waals surface area contributed by atoms with E-state index in [1.54, 1.807) is 6.20 Å². The molecule has 0 spiro atoms. The highest BCUT2D eigenvalue weighted by atomic mass is 14.9. The molecule has 0 atom stereocenters. The molecule has 4 nitrogen and oxygen atoms in total. The predicted octanol–water partition coefficient (Wildman–Crippen LogP) is 4.83. The second-order valence-corrected chi connectivity index (χ2v) is 5.92. The smallest absolute Gasteiger partial charge is 0.131 e. The largest absolute Gasteiger partial charge is 0.338 e. The van der Waals surface area contributed by atoms with Crippen LogP contribution in [-0.2, 0) is 0 Å². The Morgan fingerprint density at radius 1 is 0.760 bits per heavy atom. The van der Waals surface area contributed by atoms with Crippen LogP contribution in [0.15, 0.2) is 66.9 Å². The van der Waals surface area contributed by atoms with E-state index in [0.717, 1.165) is 44.4 Å². The molecule has 0 bridgehead atoms. The number of H-pyrrole nitrogens is 1. The molecule has 0 radical (unpaired) electrons. The summed E-state index contributed by atoms with van der Waals surface area (Å²) in [5.74, 6) is 0.807. The fourth-order valence-electron chi connectivity index (χ4n) is 3.06. The molecule has 3 aromatic heterocycles. The van der Waals surface area contributed by atoms with Gasteiger partial charge in [0.15, 0.2) is 0 Å². The van der Waals surface area contributed by atoms with Crippen molar-refractivity contribution in [2.24, 2.45) is 0 Å². The fraction of sp³-hybridized carbons (Fsp3) is 0. The molecule has 0 fully saturated rings. The number of hydrogen-bond donors (Lipinski definition) is 1. The van der Waals surface area contributed by atoms with E-state index in [1.807, 2.05) is 60.7 Å². The summed E-state index contributed by atoms with van der Waals surface area (Å²) in [5.41, 5.74) is 4.80. The monoisotopic (exact) mass is 322 g/mol. The van der Waals surface area contributed by atoms with E-state index in [9.17, 15) is 0 Å². The zero-order valence-corrected chi connectivity index (χ0v) is 13.3. The molecule has 3 heterocycles. The quantitative estimate of drug-likeness (QED) is 0.506. The zero-order valence-electron chi connectivity index (χ0n) is 13.3. The van der Waals surface area contributed by atoms with Crippen LogP contribution < -0.4 is 0 Å². The number of nitrogens with one attached hydrogen (secondary N) is 1. The number of aromatic amines is 1. The average Bonchev–Trinajstić information content (AvgIpc) is 3.10. The summed E-state index contributed by atoms with van der Waals surface area (Å²) in [6, 6.07) is 20.2. The molecular formula is C21H14N4. The van der Waals surface area contributed by atoms with Crippen LogP contribution in [0.2, 0.25) is 0 Å². The molecule has 0 aliphatic carbocycles. The lowest BCUT2D eigenvalue weighted by molar-refractivity contribution is 1.29. The molecule has 5 aromatic rings. The average molecular weight is 322 g/mol. The Hall–Kier alpha value is -3.53. The van der Waals surface area contributed by atoms with E-state index in [2.05, 4.69) is 27.1 Å². The second kappa shape index (κ2) is 5.53. The van der Waals surface area contributed by atoms with Gasteiger partial charge in [-0.2, -0.15) is 0 Å². The lowest BCUT2D eigenvalue weighted by Crippen LogP contribution is -1.83. The number of hydrogen-bond acceptors (Lipinski definition) is 3. The normalized spacial score (nSPS) is 11.8. The summed E-state index contributed by atoms with van der Waals surface area (Å²) in [7, 11) is 0. The minimum absolute atomic E-state index is 0.807. The van der Waals surface area contributed by atoms with Crippen molar-refractivity contribution in [3.63, 3.8) is 0 Å². The molecule has 0 aliphatic heterocycles. The molecule has 5 rings (SSSR count). The first-order chi connectivity index (χ1) is 12.4. The van der Waals surface area contributed by atoms with Gasteiger partial charge in [-0.1, -0.05) is 24.3 Å². The molecule has 0 saturated heterocycles. The van der Waals surface area contributed by atoms with Crippen molar-refractivity contribution >= 4 is 45.0 Å². The number of nitrogens with zero attached hydrogens (tertiary/aromatic N) is 3. The minimum atomic E-state index is 0.807. The number of para-hydroxylation sites is 1. The van der Waals surface area contributed by atoms with Crippen molar-refractivity contribution in [1.29, 1.82) is 0 Å². The number of benzene rings is 2. The Morgan fingerprint density at radius 2 is 1.72 bits per heavy atom. The Kier molecular flexibility index (Phi) is 3.07. The first-order valence-electron chi connectivity index (χ1n) is 8.14. The third-order valence-electron chi connectivity index (χ3n) is 4.28. The van der Waals surface area contributed by atoms with Gasteiger partial charge in [0.05, 0.1) is 27.8 Å². The molecule has 25 heavy (non-hydrogen) atoms. The van der Waals surface area contributed by atoms with Crippen LogP contribution in [-0.4, -0.2) is 19.9 Å². The van der Waals surface area contributed by atoms with E-state index < -0.39 is 0 Å². The lowest BCUT2D eigenvalue weighted by Gasteiger charge is -1.97. The van der Waals surface area contributed by atoms with Crippen LogP contribution >= 0.6 is 0 Å². The first-order valence-corrected chi connectivity index (χ1v) is 8.14. The zero-order chi connectivity index (χ0) is 16.6. The van der Waals surface area contributed by atoms with Crippen LogP contribution in [0.4, 0.5) is 0 Å². The van der Waals surface area contributed by atoms with E-state index in [4.69, 9.17) is 4.98 Å². The molecule has 0 saturated carbocycles.